The van der Waals surface area contributed by atoms with Crippen molar-refractivity contribution in [2.24, 2.45) is 4.40 Å². The van der Waals surface area contributed by atoms with Gasteiger partial charge in [-0.15, -0.1) is 4.40 Å². The Kier molecular flexibility index (Phi) is 5.80. The molecule has 3 rings (SSSR count). The first kappa shape index (κ1) is 20.7. The van der Waals surface area contributed by atoms with Crippen LogP contribution < -0.4 is 4.80 Å². The zero-order valence-corrected chi connectivity index (χ0v) is 16.9. The summed E-state index contributed by atoms with van der Waals surface area (Å²) in [5.74, 6) is -1.75. The van der Waals surface area contributed by atoms with E-state index in [0.717, 1.165) is 35.6 Å². The van der Waals surface area contributed by atoms with Crippen LogP contribution in [0, 0.1) is 5.82 Å². The molecule has 0 radical (unpaired) electrons. The van der Waals surface area contributed by atoms with E-state index in [2.05, 4.69) is 13.9 Å². The molecule has 0 spiro atoms. The number of hydrogen-bond donors (Lipinski definition) is 0. The molecule has 3 aromatic rings. The fourth-order valence-electron chi connectivity index (χ4n) is 2.50. The van der Waals surface area contributed by atoms with Crippen molar-refractivity contribution >= 4 is 43.5 Å². The van der Waals surface area contributed by atoms with Crippen LogP contribution in [0.5, 0.6) is 0 Å². The molecule has 152 valence electrons. The second-order valence-electron chi connectivity index (χ2n) is 5.74. The average Bonchev–Trinajstić information content (AvgIpc) is 3.03. The van der Waals surface area contributed by atoms with Gasteiger partial charge in [0.25, 0.3) is 10.0 Å². The van der Waals surface area contributed by atoms with Crippen LogP contribution in [0.1, 0.15) is 10.4 Å². The summed E-state index contributed by atoms with van der Waals surface area (Å²) in [5, 5.41) is 0. The van der Waals surface area contributed by atoms with Crippen molar-refractivity contribution in [3.05, 3.63) is 58.6 Å². The van der Waals surface area contributed by atoms with E-state index >= 15 is 0 Å². The Balaban J connectivity index is 2.22. The summed E-state index contributed by atoms with van der Waals surface area (Å²) in [5.41, 5.74) is 0.750. The second kappa shape index (κ2) is 8.13. The fraction of sp³-hybridized carbons (Fsp3) is 0.167. The minimum absolute atomic E-state index is 0.00302. The highest BCUT2D eigenvalue weighted by atomic mass is 32.2. The van der Waals surface area contributed by atoms with E-state index in [4.69, 9.17) is 0 Å². The van der Waals surface area contributed by atoms with Gasteiger partial charge in [-0.05, 0) is 42.5 Å². The molecule has 11 heteroatoms. The molecule has 0 N–H and O–H groups in total. The zero-order valence-electron chi connectivity index (χ0n) is 15.3. The molecule has 29 heavy (non-hydrogen) atoms. The minimum Gasteiger partial charge on any atom is -0.468 e. The van der Waals surface area contributed by atoms with Gasteiger partial charge in [-0.1, -0.05) is 11.3 Å². The molecule has 0 aliphatic heterocycles. The number of thiazole rings is 1. The van der Waals surface area contributed by atoms with Gasteiger partial charge in [0.15, 0.2) is 0 Å². The molecule has 1 heterocycles. The quantitative estimate of drug-likeness (QED) is 0.565. The summed E-state index contributed by atoms with van der Waals surface area (Å²) in [4.78, 5) is 23.4. The van der Waals surface area contributed by atoms with Crippen LogP contribution in [0.4, 0.5) is 4.39 Å². The average molecular weight is 438 g/mol. The number of methoxy groups -OCH3 is 2. The fourth-order valence-corrected chi connectivity index (χ4v) is 4.77. The highest BCUT2D eigenvalue weighted by molar-refractivity contribution is 7.90. The van der Waals surface area contributed by atoms with Crippen LogP contribution in [-0.2, 0) is 30.8 Å². The number of esters is 2. The summed E-state index contributed by atoms with van der Waals surface area (Å²) in [6, 6.07) is 8.79. The first-order chi connectivity index (χ1) is 13.7. The lowest BCUT2D eigenvalue weighted by Gasteiger charge is -2.04. The number of benzene rings is 2. The van der Waals surface area contributed by atoms with Crippen LogP contribution in [0.3, 0.4) is 0 Å². The van der Waals surface area contributed by atoms with Gasteiger partial charge in [0, 0.05) is 0 Å². The van der Waals surface area contributed by atoms with E-state index in [0.29, 0.717) is 10.2 Å². The molecule has 0 fully saturated rings. The molecule has 0 unspecified atom stereocenters. The molecule has 0 aliphatic carbocycles. The van der Waals surface area contributed by atoms with Gasteiger partial charge in [-0.25, -0.2) is 9.18 Å². The number of hydrogen-bond acceptors (Lipinski definition) is 7. The van der Waals surface area contributed by atoms with Gasteiger partial charge in [0.1, 0.15) is 12.4 Å². The molecule has 0 atom stereocenters. The third-order valence-electron chi connectivity index (χ3n) is 3.93. The number of ether oxygens (including phenoxy) is 2. The number of sulfonamides is 1. The van der Waals surface area contributed by atoms with E-state index in [1.165, 1.54) is 30.9 Å². The lowest BCUT2D eigenvalue weighted by molar-refractivity contribution is -0.141. The maximum Gasteiger partial charge on any atom is 0.337 e. The minimum atomic E-state index is -4.17. The van der Waals surface area contributed by atoms with E-state index in [-0.39, 0.29) is 21.8 Å². The molecule has 1 aromatic heterocycles. The third kappa shape index (κ3) is 4.35. The lowest BCUT2D eigenvalue weighted by atomic mass is 10.2. The van der Waals surface area contributed by atoms with E-state index < -0.39 is 27.8 Å². The van der Waals surface area contributed by atoms with Crippen molar-refractivity contribution in [3.63, 3.8) is 0 Å². The van der Waals surface area contributed by atoms with Crippen molar-refractivity contribution in [2.45, 2.75) is 11.4 Å². The first-order valence-corrected chi connectivity index (χ1v) is 10.4. The predicted molar refractivity (Wildman–Crippen MR) is 102 cm³/mol. The molecule has 2 aromatic carbocycles. The molecular formula is C18H15FN2O6S2. The maximum absolute atomic E-state index is 13.1. The van der Waals surface area contributed by atoms with Crippen molar-refractivity contribution < 1.29 is 31.9 Å². The van der Waals surface area contributed by atoms with Gasteiger partial charge >= 0.3 is 11.9 Å². The van der Waals surface area contributed by atoms with Crippen LogP contribution in [-0.4, -0.2) is 39.1 Å². The number of carbonyl (C=O) groups excluding carboxylic acids is 2. The SMILES string of the molecule is COC(=O)Cn1c(=NS(=O)(=O)c2ccc(F)cc2)sc2cc(C(=O)OC)ccc21. The number of aromatic nitrogens is 1. The summed E-state index contributed by atoms with van der Waals surface area (Å²) in [7, 11) is -1.72. The summed E-state index contributed by atoms with van der Waals surface area (Å²) in [6.07, 6.45) is 0. The first-order valence-electron chi connectivity index (χ1n) is 8.10. The number of rotatable bonds is 5. The number of fused-ring (bicyclic) bond motifs is 1. The maximum atomic E-state index is 13.1. The van der Waals surface area contributed by atoms with Crippen LogP contribution in [0.15, 0.2) is 51.8 Å². The van der Waals surface area contributed by atoms with Gasteiger partial charge in [0.2, 0.25) is 4.80 Å². The normalized spacial score (nSPS) is 12.2. The van der Waals surface area contributed by atoms with Gasteiger partial charge in [-0.3, -0.25) is 4.79 Å². The molecule has 0 bridgehead atoms. The summed E-state index contributed by atoms with van der Waals surface area (Å²) >= 11 is 0.971. The Morgan fingerprint density at radius 1 is 1.10 bits per heavy atom. The molecule has 8 nitrogen and oxygen atoms in total. The van der Waals surface area contributed by atoms with Crippen molar-refractivity contribution in [1.29, 1.82) is 0 Å². The Morgan fingerprint density at radius 2 is 1.79 bits per heavy atom. The molecule has 0 saturated heterocycles. The van der Waals surface area contributed by atoms with Crippen LogP contribution in [0.2, 0.25) is 0 Å². The van der Waals surface area contributed by atoms with Gasteiger partial charge in [-0.2, -0.15) is 8.42 Å². The summed E-state index contributed by atoms with van der Waals surface area (Å²) in [6.45, 7) is -0.286. The third-order valence-corrected chi connectivity index (χ3v) is 6.37. The summed E-state index contributed by atoms with van der Waals surface area (Å²) < 4.78 is 53.4. The van der Waals surface area contributed by atoms with Crippen molar-refractivity contribution in [3.8, 4) is 0 Å². The number of nitrogens with zero attached hydrogens (tertiary/aromatic N) is 2. The molecular weight excluding hydrogens is 423 g/mol. The van der Waals surface area contributed by atoms with E-state index in [9.17, 15) is 22.4 Å². The van der Waals surface area contributed by atoms with E-state index in [1.807, 2.05) is 0 Å². The highest BCUT2D eigenvalue weighted by Crippen LogP contribution is 2.21. The topological polar surface area (TPSA) is 104 Å². The lowest BCUT2D eigenvalue weighted by Crippen LogP contribution is -2.22. The molecule has 0 aliphatic rings. The zero-order chi connectivity index (χ0) is 21.2. The second-order valence-corrected chi connectivity index (χ2v) is 8.35. The predicted octanol–water partition coefficient (Wildman–Crippen LogP) is 2.09. The largest absolute Gasteiger partial charge is 0.468 e. The van der Waals surface area contributed by atoms with Gasteiger partial charge < -0.3 is 14.0 Å². The Labute approximate surface area is 168 Å². The van der Waals surface area contributed by atoms with Crippen LogP contribution >= 0.6 is 11.3 Å². The number of carbonyl (C=O) groups is 2. The van der Waals surface area contributed by atoms with E-state index in [1.54, 1.807) is 6.07 Å². The van der Waals surface area contributed by atoms with Crippen molar-refractivity contribution in [2.75, 3.05) is 14.2 Å². The van der Waals surface area contributed by atoms with Gasteiger partial charge in [0.05, 0.1) is 34.9 Å². The number of halogens is 1. The molecule has 0 amide bonds. The monoisotopic (exact) mass is 438 g/mol. The van der Waals surface area contributed by atoms with Crippen molar-refractivity contribution in [1.82, 2.24) is 4.57 Å². The Hall–Kier alpha value is -3.05. The Bertz CT molecular complexity index is 1260. The standard InChI is InChI=1S/C18H15FN2O6S2/c1-26-16(22)10-21-14-8-3-11(17(23)27-2)9-15(14)28-18(21)20-29(24,25)13-6-4-12(19)5-7-13/h3-9H,10H2,1-2H3. The smallest absolute Gasteiger partial charge is 0.337 e. The van der Waals surface area contributed by atoms with Crippen LogP contribution in [0.25, 0.3) is 10.2 Å². The Morgan fingerprint density at radius 3 is 2.41 bits per heavy atom. The molecule has 0 saturated carbocycles. The highest BCUT2D eigenvalue weighted by Gasteiger charge is 2.17.